The highest BCUT2D eigenvalue weighted by Crippen LogP contribution is 2.23. The van der Waals surface area contributed by atoms with Gasteiger partial charge in [0.2, 0.25) is 0 Å². The van der Waals surface area contributed by atoms with Crippen molar-refractivity contribution in [2.75, 3.05) is 0 Å². The van der Waals surface area contributed by atoms with Gasteiger partial charge in [-0.3, -0.25) is 0 Å². The zero-order chi connectivity index (χ0) is 13.5. The molecule has 4 nitrogen and oxygen atoms in total. The van der Waals surface area contributed by atoms with Crippen molar-refractivity contribution < 1.29 is 19.7 Å². The van der Waals surface area contributed by atoms with Gasteiger partial charge in [-0.15, -0.1) is 6.58 Å². The number of hydrogen-bond acceptors (Lipinski definition) is 4. The number of ether oxygens (including phenoxy) is 2. The van der Waals surface area contributed by atoms with Crippen LogP contribution < -0.4 is 0 Å². The van der Waals surface area contributed by atoms with Crippen LogP contribution in [0.25, 0.3) is 0 Å². The Morgan fingerprint density at radius 1 is 1.39 bits per heavy atom. The highest BCUT2D eigenvalue weighted by Gasteiger charge is 2.35. The van der Waals surface area contributed by atoms with Crippen molar-refractivity contribution >= 4 is 0 Å². The molecule has 5 atom stereocenters. The van der Waals surface area contributed by atoms with Crippen LogP contribution in [-0.4, -0.2) is 40.9 Å². The van der Waals surface area contributed by atoms with Gasteiger partial charge >= 0.3 is 0 Å². The van der Waals surface area contributed by atoms with E-state index in [1.807, 2.05) is 13.0 Å². The molecule has 0 aliphatic carbocycles. The predicted molar refractivity (Wildman–Crippen MR) is 70.2 cm³/mol. The fraction of sp³-hybridized carbons (Fsp3) is 0.857. The molecule has 0 spiro atoms. The van der Waals surface area contributed by atoms with Crippen LogP contribution in [0.1, 0.15) is 46.0 Å². The van der Waals surface area contributed by atoms with Gasteiger partial charge in [-0.05, 0) is 33.1 Å². The van der Waals surface area contributed by atoms with Crippen LogP contribution >= 0.6 is 0 Å². The Bertz CT molecular complexity index is 244. The first-order valence-electron chi connectivity index (χ1n) is 6.82. The van der Waals surface area contributed by atoms with E-state index in [4.69, 9.17) is 9.47 Å². The standard InChI is InChI=1S/C14H26O4/c1-4-5-6-7-8-10(2)17-14-13(16)9-12(15)11(3)18-14/h4,10-16H,1,5-9H2,2-3H3/t10-,11+,12-,13-,14-/m1/s1. The van der Waals surface area contributed by atoms with Crippen molar-refractivity contribution in [3.05, 3.63) is 12.7 Å². The largest absolute Gasteiger partial charge is 0.390 e. The predicted octanol–water partition coefficient (Wildman–Crippen LogP) is 1.99. The van der Waals surface area contributed by atoms with Gasteiger partial charge in [-0.2, -0.15) is 0 Å². The van der Waals surface area contributed by atoms with Crippen molar-refractivity contribution in [3.63, 3.8) is 0 Å². The first-order valence-corrected chi connectivity index (χ1v) is 6.82. The van der Waals surface area contributed by atoms with Crippen LogP contribution in [0.4, 0.5) is 0 Å². The molecule has 2 N–H and O–H groups in total. The fourth-order valence-corrected chi connectivity index (χ4v) is 2.08. The van der Waals surface area contributed by atoms with Gasteiger partial charge in [0.1, 0.15) is 6.10 Å². The van der Waals surface area contributed by atoms with E-state index in [0.717, 1.165) is 25.7 Å². The average Bonchev–Trinajstić information content (AvgIpc) is 2.32. The summed E-state index contributed by atoms with van der Waals surface area (Å²) >= 11 is 0. The zero-order valence-electron chi connectivity index (χ0n) is 11.4. The first-order chi connectivity index (χ1) is 8.54. The van der Waals surface area contributed by atoms with E-state index in [1.165, 1.54) is 0 Å². The third kappa shape index (κ3) is 5.06. The molecule has 1 heterocycles. The molecule has 0 saturated carbocycles. The topological polar surface area (TPSA) is 58.9 Å². The van der Waals surface area contributed by atoms with Gasteiger partial charge in [0.05, 0.1) is 18.3 Å². The zero-order valence-corrected chi connectivity index (χ0v) is 11.4. The summed E-state index contributed by atoms with van der Waals surface area (Å²) in [6.07, 6.45) is 4.19. The van der Waals surface area contributed by atoms with Crippen molar-refractivity contribution in [2.24, 2.45) is 0 Å². The minimum Gasteiger partial charge on any atom is -0.390 e. The summed E-state index contributed by atoms with van der Waals surface area (Å²) in [4.78, 5) is 0. The molecule has 0 bridgehead atoms. The maximum atomic E-state index is 9.79. The molecule has 4 heteroatoms. The molecule has 1 aliphatic rings. The van der Waals surface area contributed by atoms with Crippen molar-refractivity contribution in [2.45, 2.75) is 76.7 Å². The highest BCUT2D eigenvalue weighted by atomic mass is 16.7. The summed E-state index contributed by atoms with van der Waals surface area (Å²) < 4.78 is 11.2. The molecule has 0 amide bonds. The molecule has 18 heavy (non-hydrogen) atoms. The van der Waals surface area contributed by atoms with E-state index < -0.39 is 18.5 Å². The van der Waals surface area contributed by atoms with Gasteiger partial charge < -0.3 is 19.7 Å². The Balaban J connectivity index is 2.25. The normalized spacial score (nSPS) is 34.2. The second kappa shape index (κ2) is 7.89. The summed E-state index contributed by atoms with van der Waals surface area (Å²) in [6.45, 7) is 7.47. The molecule has 1 fully saturated rings. The summed E-state index contributed by atoms with van der Waals surface area (Å²) in [5.41, 5.74) is 0. The lowest BCUT2D eigenvalue weighted by Gasteiger charge is -2.36. The number of aliphatic hydroxyl groups excluding tert-OH is 2. The van der Waals surface area contributed by atoms with Crippen LogP contribution in [-0.2, 0) is 9.47 Å². The average molecular weight is 258 g/mol. The molecule has 106 valence electrons. The number of aliphatic hydroxyl groups is 2. The molecule has 0 aromatic heterocycles. The molecule has 0 unspecified atom stereocenters. The minimum atomic E-state index is -0.744. The third-order valence-corrected chi connectivity index (χ3v) is 3.32. The Hall–Kier alpha value is -0.420. The fourth-order valence-electron chi connectivity index (χ4n) is 2.08. The van der Waals surface area contributed by atoms with E-state index in [0.29, 0.717) is 6.42 Å². The van der Waals surface area contributed by atoms with Gasteiger partial charge in [-0.25, -0.2) is 0 Å². The Kier molecular flexibility index (Phi) is 6.86. The van der Waals surface area contributed by atoms with Gasteiger partial charge in [0.15, 0.2) is 6.29 Å². The molecular formula is C14H26O4. The van der Waals surface area contributed by atoms with Crippen LogP contribution in [0, 0.1) is 0 Å². The minimum absolute atomic E-state index is 0.0527. The molecule has 1 saturated heterocycles. The van der Waals surface area contributed by atoms with Gasteiger partial charge in [-0.1, -0.05) is 12.5 Å². The Morgan fingerprint density at radius 2 is 2.11 bits per heavy atom. The van der Waals surface area contributed by atoms with Crippen molar-refractivity contribution in [1.29, 1.82) is 0 Å². The third-order valence-electron chi connectivity index (χ3n) is 3.32. The summed E-state index contributed by atoms with van der Waals surface area (Å²) in [6, 6.07) is 0. The van der Waals surface area contributed by atoms with Crippen LogP contribution in [0.15, 0.2) is 12.7 Å². The van der Waals surface area contributed by atoms with Gasteiger partial charge in [0.25, 0.3) is 0 Å². The number of rotatable bonds is 7. The van der Waals surface area contributed by atoms with E-state index >= 15 is 0 Å². The number of allylic oxidation sites excluding steroid dienone is 1. The highest BCUT2D eigenvalue weighted by molar-refractivity contribution is 4.78. The van der Waals surface area contributed by atoms with E-state index in [-0.39, 0.29) is 12.2 Å². The smallest absolute Gasteiger partial charge is 0.184 e. The van der Waals surface area contributed by atoms with Crippen LogP contribution in [0.2, 0.25) is 0 Å². The number of unbranched alkanes of at least 4 members (excludes halogenated alkanes) is 2. The second-order valence-electron chi connectivity index (χ2n) is 5.10. The molecule has 1 aliphatic heterocycles. The lowest BCUT2D eigenvalue weighted by molar-refractivity contribution is -0.273. The van der Waals surface area contributed by atoms with Gasteiger partial charge in [0, 0.05) is 6.42 Å². The Labute approximate surface area is 110 Å². The van der Waals surface area contributed by atoms with Crippen LogP contribution in [0.5, 0.6) is 0 Å². The lowest BCUT2D eigenvalue weighted by Crippen LogP contribution is -2.48. The number of hydrogen-bond donors (Lipinski definition) is 2. The molecule has 0 aromatic carbocycles. The quantitative estimate of drug-likeness (QED) is 0.541. The molecule has 0 radical (unpaired) electrons. The summed E-state index contributed by atoms with van der Waals surface area (Å²) in [5, 5.41) is 19.3. The maximum Gasteiger partial charge on any atom is 0.184 e. The lowest BCUT2D eigenvalue weighted by atomic mass is 10.0. The maximum absolute atomic E-state index is 9.79. The van der Waals surface area contributed by atoms with Crippen LogP contribution in [0.3, 0.4) is 0 Å². The second-order valence-corrected chi connectivity index (χ2v) is 5.10. The Morgan fingerprint density at radius 3 is 2.78 bits per heavy atom. The molecule has 0 aromatic rings. The van der Waals surface area contributed by atoms with Crippen molar-refractivity contribution in [3.8, 4) is 0 Å². The SMILES string of the molecule is C=CCCCC[C@@H](C)O[C@@H]1O[C@@H](C)[C@H](O)C[C@H]1O. The van der Waals surface area contributed by atoms with E-state index in [2.05, 4.69) is 6.58 Å². The monoisotopic (exact) mass is 258 g/mol. The van der Waals surface area contributed by atoms with E-state index in [9.17, 15) is 10.2 Å². The molecular weight excluding hydrogens is 232 g/mol. The van der Waals surface area contributed by atoms with Crippen molar-refractivity contribution in [1.82, 2.24) is 0 Å². The summed E-state index contributed by atoms with van der Waals surface area (Å²) in [7, 11) is 0. The first kappa shape index (κ1) is 15.6. The summed E-state index contributed by atoms with van der Waals surface area (Å²) in [5.74, 6) is 0. The molecule has 1 rings (SSSR count). The van der Waals surface area contributed by atoms with E-state index in [1.54, 1.807) is 6.92 Å².